The first-order valence-corrected chi connectivity index (χ1v) is 9.51. The van der Waals surface area contributed by atoms with Crippen molar-refractivity contribution in [3.8, 4) is 0 Å². The number of hydrogen-bond donors (Lipinski definition) is 1. The third-order valence-electron chi connectivity index (χ3n) is 3.46. The predicted molar refractivity (Wildman–Crippen MR) is 92.5 cm³/mol. The van der Waals surface area contributed by atoms with Gasteiger partial charge in [0.1, 0.15) is 0 Å². The monoisotopic (exact) mass is 360 g/mol. The Labute approximate surface area is 145 Å². The third kappa shape index (κ3) is 3.24. The molecule has 0 bridgehead atoms. The smallest absolute Gasteiger partial charge is 0.283 e. The topological polar surface area (TPSA) is 72.2 Å². The summed E-state index contributed by atoms with van der Waals surface area (Å²) < 4.78 is 26.4. The molecule has 1 aromatic heterocycles. The van der Waals surface area contributed by atoms with Gasteiger partial charge in [-0.25, -0.2) is 0 Å². The molecule has 0 aliphatic heterocycles. The maximum absolute atomic E-state index is 12.8. The van der Waals surface area contributed by atoms with E-state index in [4.69, 9.17) is 0 Å². The van der Waals surface area contributed by atoms with E-state index in [1.807, 2.05) is 37.3 Å². The molecule has 0 saturated heterocycles. The summed E-state index contributed by atoms with van der Waals surface area (Å²) in [5, 5.41) is 13.7. The van der Waals surface area contributed by atoms with Crippen LogP contribution in [0.1, 0.15) is 11.3 Å². The Morgan fingerprint density at radius 3 is 2.38 bits per heavy atom. The van der Waals surface area contributed by atoms with Crippen molar-refractivity contribution in [2.75, 3.05) is 0 Å². The molecule has 124 valence electrons. The minimum atomic E-state index is -3.84. The van der Waals surface area contributed by atoms with Gasteiger partial charge in [-0.15, -0.1) is 0 Å². The summed E-state index contributed by atoms with van der Waals surface area (Å²) in [6.07, 6.45) is 1.47. The Balaban J connectivity index is 2.01. The molecule has 3 aromatic rings. The molecule has 0 unspecified atom stereocenters. The Hall–Kier alpha value is -2.09. The first kappa shape index (κ1) is 16.8. The fraction of sp³-hybridized carbons (Fsp3) is 0.118. The number of aliphatic hydroxyl groups excluding tert-OH is 1. The van der Waals surface area contributed by atoms with E-state index in [2.05, 4.69) is 5.10 Å². The van der Waals surface area contributed by atoms with Gasteiger partial charge in [-0.1, -0.05) is 47.7 Å². The Kier molecular flexibility index (Phi) is 4.75. The lowest BCUT2D eigenvalue weighted by molar-refractivity contribution is 0.271. The molecule has 0 fully saturated rings. The van der Waals surface area contributed by atoms with E-state index in [1.165, 1.54) is 30.1 Å². The fourth-order valence-electron chi connectivity index (χ4n) is 2.20. The van der Waals surface area contributed by atoms with Crippen LogP contribution >= 0.6 is 11.8 Å². The number of aryl methyl sites for hydroxylation is 1. The molecule has 5 nitrogen and oxygen atoms in total. The molecular weight excluding hydrogens is 344 g/mol. The second kappa shape index (κ2) is 6.80. The SMILES string of the molecule is Cc1ccc(S(=O)(=O)n2ncc(Sc3ccccc3)c2CO)cc1. The van der Waals surface area contributed by atoms with E-state index in [9.17, 15) is 13.5 Å². The second-order valence-electron chi connectivity index (χ2n) is 5.19. The van der Waals surface area contributed by atoms with E-state index in [0.717, 1.165) is 14.5 Å². The summed E-state index contributed by atoms with van der Waals surface area (Å²) in [6, 6.07) is 16.1. The first-order valence-electron chi connectivity index (χ1n) is 7.25. The van der Waals surface area contributed by atoms with Crippen LogP contribution in [-0.2, 0) is 16.6 Å². The first-order chi connectivity index (χ1) is 11.5. The summed E-state index contributed by atoms with van der Waals surface area (Å²) in [6.45, 7) is 1.47. The van der Waals surface area contributed by atoms with Gasteiger partial charge in [-0.2, -0.15) is 17.6 Å². The molecule has 2 aromatic carbocycles. The van der Waals surface area contributed by atoms with Crippen LogP contribution in [0.2, 0.25) is 0 Å². The highest BCUT2D eigenvalue weighted by atomic mass is 32.2. The molecule has 24 heavy (non-hydrogen) atoms. The Morgan fingerprint density at radius 2 is 1.75 bits per heavy atom. The zero-order chi connectivity index (χ0) is 17.2. The van der Waals surface area contributed by atoms with Gasteiger partial charge in [-0.3, -0.25) is 0 Å². The van der Waals surface area contributed by atoms with Crippen molar-refractivity contribution in [1.29, 1.82) is 0 Å². The normalized spacial score (nSPS) is 11.6. The van der Waals surface area contributed by atoms with Gasteiger partial charge in [-0.05, 0) is 31.2 Å². The number of nitrogens with zero attached hydrogens (tertiary/aromatic N) is 2. The molecule has 0 amide bonds. The van der Waals surface area contributed by atoms with Crippen LogP contribution in [0.15, 0.2) is 75.5 Å². The maximum Gasteiger partial charge on any atom is 0.283 e. The predicted octanol–water partition coefficient (Wildman–Crippen LogP) is 3.07. The molecule has 0 atom stereocenters. The van der Waals surface area contributed by atoms with Gasteiger partial charge >= 0.3 is 0 Å². The molecule has 0 spiro atoms. The van der Waals surface area contributed by atoms with Gasteiger partial charge in [0, 0.05) is 4.90 Å². The number of benzene rings is 2. The highest BCUT2D eigenvalue weighted by molar-refractivity contribution is 7.99. The average molecular weight is 360 g/mol. The van der Waals surface area contributed by atoms with Gasteiger partial charge in [0.2, 0.25) is 0 Å². The standard InChI is InChI=1S/C17H16N2O3S2/c1-13-7-9-15(10-8-13)24(21,22)19-16(12-20)17(11-18-19)23-14-5-3-2-4-6-14/h2-11,20H,12H2,1H3. The number of aliphatic hydroxyl groups is 1. The van der Waals surface area contributed by atoms with Crippen molar-refractivity contribution in [2.24, 2.45) is 0 Å². The minimum Gasteiger partial charge on any atom is -0.390 e. The molecule has 0 radical (unpaired) electrons. The van der Waals surface area contributed by atoms with Crippen LogP contribution in [0.5, 0.6) is 0 Å². The molecule has 0 saturated carbocycles. The molecule has 7 heteroatoms. The Morgan fingerprint density at radius 1 is 1.08 bits per heavy atom. The van der Waals surface area contributed by atoms with Crippen LogP contribution in [0.25, 0.3) is 0 Å². The van der Waals surface area contributed by atoms with E-state index in [-0.39, 0.29) is 10.6 Å². The lowest BCUT2D eigenvalue weighted by atomic mass is 10.2. The van der Waals surface area contributed by atoms with Crippen LogP contribution in [0, 0.1) is 6.92 Å². The van der Waals surface area contributed by atoms with E-state index >= 15 is 0 Å². The summed E-state index contributed by atoms with van der Waals surface area (Å²) in [5.74, 6) is 0. The summed E-state index contributed by atoms with van der Waals surface area (Å²) in [7, 11) is -3.84. The highest BCUT2D eigenvalue weighted by Gasteiger charge is 2.23. The molecule has 1 N–H and O–H groups in total. The zero-order valence-electron chi connectivity index (χ0n) is 13.0. The summed E-state index contributed by atoms with van der Waals surface area (Å²) >= 11 is 1.37. The van der Waals surface area contributed by atoms with E-state index in [0.29, 0.717) is 4.90 Å². The lowest BCUT2D eigenvalue weighted by Gasteiger charge is -2.09. The van der Waals surface area contributed by atoms with E-state index in [1.54, 1.807) is 12.1 Å². The van der Waals surface area contributed by atoms with Crippen molar-refractivity contribution in [3.05, 3.63) is 72.1 Å². The van der Waals surface area contributed by atoms with Gasteiger partial charge in [0.15, 0.2) is 0 Å². The minimum absolute atomic E-state index is 0.141. The molecular formula is C17H16N2O3S2. The van der Waals surface area contributed by atoms with Crippen molar-refractivity contribution >= 4 is 21.8 Å². The number of aromatic nitrogens is 2. The van der Waals surface area contributed by atoms with Crippen LogP contribution in [0.4, 0.5) is 0 Å². The average Bonchev–Trinajstić information content (AvgIpc) is 2.99. The van der Waals surface area contributed by atoms with Crippen LogP contribution < -0.4 is 0 Å². The van der Waals surface area contributed by atoms with Crippen LogP contribution in [0.3, 0.4) is 0 Å². The number of hydrogen-bond acceptors (Lipinski definition) is 5. The third-order valence-corrected chi connectivity index (χ3v) is 6.17. The van der Waals surface area contributed by atoms with Crippen LogP contribution in [-0.4, -0.2) is 22.7 Å². The molecule has 3 rings (SSSR count). The molecule has 1 heterocycles. The summed E-state index contributed by atoms with van der Waals surface area (Å²) in [4.78, 5) is 1.70. The second-order valence-corrected chi connectivity index (χ2v) is 8.07. The van der Waals surface area contributed by atoms with Crippen molar-refractivity contribution in [1.82, 2.24) is 9.19 Å². The largest absolute Gasteiger partial charge is 0.390 e. The fourth-order valence-corrected chi connectivity index (χ4v) is 4.47. The van der Waals surface area contributed by atoms with Crippen molar-refractivity contribution in [2.45, 2.75) is 28.2 Å². The van der Waals surface area contributed by atoms with E-state index < -0.39 is 16.6 Å². The van der Waals surface area contributed by atoms with Gasteiger partial charge < -0.3 is 5.11 Å². The lowest BCUT2D eigenvalue weighted by Crippen LogP contribution is -2.17. The van der Waals surface area contributed by atoms with Gasteiger partial charge in [0.25, 0.3) is 10.0 Å². The highest BCUT2D eigenvalue weighted by Crippen LogP contribution is 2.31. The maximum atomic E-state index is 12.8. The van der Waals surface area contributed by atoms with Crippen molar-refractivity contribution in [3.63, 3.8) is 0 Å². The summed E-state index contributed by atoms with van der Waals surface area (Å²) in [5.41, 5.74) is 1.22. The Bertz CT molecular complexity index is 934. The number of rotatable bonds is 5. The zero-order valence-corrected chi connectivity index (χ0v) is 14.6. The van der Waals surface area contributed by atoms with Crippen molar-refractivity contribution < 1.29 is 13.5 Å². The molecule has 0 aliphatic rings. The quantitative estimate of drug-likeness (QED) is 0.757. The molecule has 0 aliphatic carbocycles. The van der Waals surface area contributed by atoms with Gasteiger partial charge in [0.05, 0.1) is 28.3 Å².